The molecule has 2 N–H and O–H groups in total. The average molecular weight is 229 g/mol. The molecule has 0 aromatic heterocycles. The topological polar surface area (TPSA) is 75.6 Å². The van der Waals surface area contributed by atoms with Gasteiger partial charge < -0.3 is 15.2 Å². The molecule has 0 radical (unpaired) electrons. The molecule has 1 saturated carbocycles. The van der Waals surface area contributed by atoms with Crippen LogP contribution in [0.1, 0.15) is 32.1 Å². The van der Waals surface area contributed by atoms with Gasteiger partial charge in [0.15, 0.2) is 0 Å². The molecule has 0 heterocycles. The van der Waals surface area contributed by atoms with Crippen molar-refractivity contribution in [3.63, 3.8) is 0 Å². The van der Waals surface area contributed by atoms with Gasteiger partial charge in [0.1, 0.15) is 6.04 Å². The summed E-state index contributed by atoms with van der Waals surface area (Å²) in [5.41, 5.74) is 0. The second-order valence-corrected chi connectivity index (χ2v) is 4.16. The van der Waals surface area contributed by atoms with Gasteiger partial charge in [0.2, 0.25) is 5.91 Å². The summed E-state index contributed by atoms with van der Waals surface area (Å²) in [4.78, 5) is 22.6. The Morgan fingerprint density at radius 2 is 2.06 bits per heavy atom. The van der Waals surface area contributed by atoms with Crippen LogP contribution < -0.4 is 5.32 Å². The fourth-order valence-corrected chi connectivity index (χ4v) is 1.97. The Morgan fingerprint density at radius 1 is 1.44 bits per heavy atom. The van der Waals surface area contributed by atoms with Gasteiger partial charge in [-0.15, -0.1) is 0 Å². The summed E-state index contributed by atoms with van der Waals surface area (Å²) in [5, 5.41) is 11.5. The number of carbonyl (C=O) groups excluding carboxylic acids is 1. The molecule has 0 aromatic rings. The van der Waals surface area contributed by atoms with E-state index in [9.17, 15) is 9.59 Å². The van der Waals surface area contributed by atoms with Crippen molar-refractivity contribution in [2.24, 2.45) is 5.92 Å². The number of amides is 1. The molecular weight excluding hydrogens is 210 g/mol. The van der Waals surface area contributed by atoms with E-state index in [1.807, 2.05) is 0 Å². The summed E-state index contributed by atoms with van der Waals surface area (Å²) < 4.78 is 4.81. The summed E-state index contributed by atoms with van der Waals surface area (Å²) >= 11 is 0. The number of carboxylic acids is 1. The standard InChI is InChI=1S/C11H19NO4/c1-16-7-6-9(11(14)15)12-10(13)8-4-2-3-5-8/h8-9H,2-7H2,1H3,(H,12,13)(H,14,15). The van der Waals surface area contributed by atoms with Gasteiger partial charge >= 0.3 is 5.97 Å². The van der Waals surface area contributed by atoms with E-state index in [4.69, 9.17) is 9.84 Å². The zero-order valence-corrected chi connectivity index (χ0v) is 9.57. The Bertz CT molecular complexity index is 248. The quantitative estimate of drug-likeness (QED) is 0.705. The molecule has 1 unspecified atom stereocenters. The van der Waals surface area contributed by atoms with Crippen LogP contribution in [0.4, 0.5) is 0 Å². The fourth-order valence-electron chi connectivity index (χ4n) is 1.97. The van der Waals surface area contributed by atoms with Crippen LogP contribution in [0.15, 0.2) is 0 Å². The van der Waals surface area contributed by atoms with E-state index >= 15 is 0 Å². The molecule has 1 aliphatic rings. The molecule has 1 fully saturated rings. The third kappa shape index (κ3) is 3.81. The Hall–Kier alpha value is -1.10. The Labute approximate surface area is 95.2 Å². The first-order valence-corrected chi connectivity index (χ1v) is 5.67. The molecule has 0 spiro atoms. The Morgan fingerprint density at radius 3 is 2.56 bits per heavy atom. The van der Waals surface area contributed by atoms with Crippen LogP contribution in [0.2, 0.25) is 0 Å². The number of ether oxygens (including phenoxy) is 1. The summed E-state index contributed by atoms with van der Waals surface area (Å²) in [5.74, 6) is -1.12. The highest BCUT2D eigenvalue weighted by Crippen LogP contribution is 2.24. The lowest BCUT2D eigenvalue weighted by Crippen LogP contribution is -2.43. The molecule has 1 atom stereocenters. The zero-order chi connectivity index (χ0) is 12.0. The molecule has 5 heteroatoms. The van der Waals surface area contributed by atoms with Crippen molar-refractivity contribution in [1.82, 2.24) is 5.32 Å². The van der Waals surface area contributed by atoms with E-state index in [1.165, 1.54) is 7.11 Å². The van der Waals surface area contributed by atoms with Crippen molar-refractivity contribution in [3.8, 4) is 0 Å². The maximum Gasteiger partial charge on any atom is 0.326 e. The molecule has 1 amide bonds. The van der Waals surface area contributed by atoms with Crippen molar-refractivity contribution < 1.29 is 19.4 Å². The Kier molecular flexibility index (Phi) is 5.25. The molecule has 92 valence electrons. The highest BCUT2D eigenvalue weighted by atomic mass is 16.5. The highest BCUT2D eigenvalue weighted by Gasteiger charge is 2.27. The first-order chi connectivity index (χ1) is 7.65. The molecule has 0 saturated heterocycles. The normalized spacial score (nSPS) is 18.3. The van der Waals surface area contributed by atoms with Gasteiger partial charge in [0.05, 0.1) is 0 Å². The summed E-state index contributed by atoms with van der Waals surface area (Å²) in [6.45, 7) is 0.335. The monoisotopic (exact) mass is 229 g/mol. The fraction of sp³-hybridized carbons (Fsp3) is 0.818. The summed E-state index contributed by atoms with van der Waals surface area (Å²) in [7, 11) is 1.51. The second kappa shape index (κ2) is 6.48. The largest absolute Gasteiger partial charge is 0.480 e. The predicted octanol–water partition coefficient (Wildman–Crippen LogP) is 0.782. The number of nitrogens with one attached hydrogen (secondary N) is 1. The van der Waals surface area contributed by atoms with Crippen molar-refractivity contribution in [3.05, 3.63) is 0 Å². The average Bonchev–Trinajstić information content (AvgIpc) is 2.76. The summed E-state index contributed by atoms with van der Waals surface area (Å²) in [6.07, 6.45) is 4.19. The van der Waals surface area contributed by atoms with Crippen LogP contribution in [-0.4, -0.2) is 36.7 Å². The van der Waals surface area contributed by atoms with Crippen molar-refractivity contribution in [2.45, 2.75) is 38.1 Å². The smallest absolute Gasteiger partial charge is 0.326 e. The van der Waals surface area contributed by atoms with E-state index in [2.05, 4.69) is 5.32 Å². The maximum atomic E-state index is 11.7. The van der Waals surface area contributed by atoms with Gasteiger partial charge in [-0.1, -0.05) is 12.8 Å². The molecule has 1 rings (SSSR count). The lowest BCUT2D eigenvalue weighted by molar-refractivity contribution is -0.143. The van der Waals surface area contributed by atoms with Gasteiger partial charge in [-0.2, -0.15) is 0 Å². The molecule has 1 aliphatic carbocycles. The van der Waals surface area contributed by atoms with Crippen molar-refractivity contribution in [2.75, 3.05) is 13.7 Å². The van der Waals surface area contributed by atoms with Crippen LogP contribution >= 0.6 is 0 Å². The minimum atomic E-state index is -0.997. The lowest BCUT2D eigenvalue weighted by Gasteiger charge is -2.16. The number of hydrogen-bond acceptors (Lipinski definition) is 3. The van der Waals surface area contributed by atoms with Gasteiger partial charge in [-0.25, -0.2) is 4.79 Å². The van der Waals surface area contributed by atoms with Crippen LogP contribution in [0.25, 0.3) is 0 Å². The summed E-state index contributed by atoms with van der Waals surface area (Å²) in [6, 6.07) is -0.826. The van der Waals surface area contributed by atoms with Gasteiger partial charge in [0.25, 0.3) is 0 Å². The minimum Gasteiger partial charge on any atom is -0.480 e. The molecule has 0 bridgehead atoms. The maximum absolute atomic E-state index is 11.7. The molecular formula is C11H19NO4. The van der Waals surface area contributed by atoms with E-state index < -0.39 is 12.0 Å². The van der Waals surface area contributed by atoms with E-state index in [-0.39, 0.29) is 11.8 Å². The van der Waals surface area contributed by atoms with Gasteiger partial charge in [-0.3, -0.25) is 4.79 Å². The number of carbonyl (C=O) groups is 2. The third-order valence-electron chi connectivity index (χ3n) is 2.95. The minimum absolute atomic E-state index is 0.00407. The third-order valence-corrected chi connectivity index (χ3v) is 2.95. The van der Waals surface area contributed by atoms with Crippen LogP contribution in [0.3, 0.4) is 0 Å². The molecule has 5 nitrogen and oxygen atoms in total. The highest BCUT2D eigenvalue weighted by molar-refractivity contribution is 5.85. The van der Waals surface area contributed by atoms with Crippen molar-refractivity contribution in [1.29, 1.82) is 0 Å². The first-order valence-electron chi connectivity index (χ1n) is 5.67. The molecule has 0 aromatic carbocycles. The lowest BCUT2D eigenvalue weighted by atomic mass is 10.1. The van der Waals surface area contributed by atoms with Crippen LogP contribution in [0.5, 0.6) is 0 Å². The van der Waals surface area contributed by atoms with E-state index in [0.29, 0.717) is 13.0 Å². The van der Waals surface area contributed by atoms with Gasteiger partial charge in [0, 0.05) is 26.1 Å². The van der Waals surface area contributed by atoms with Crippen LogP contribution in [0, 0.1) is 5.92 Å². The molecule has 0 aliphatic heterocycles. The SMILES string of the molecule is COCCC(NC(=O)C1CCCC1)C(=O)O. The predicted molar refractivity (Wildman–Crippen MR) is 58.0 cm³/mol. The number of carboxylic acid groups (broad SMARTS) is 1. The van der Waals surface area contributed by atoms with Gasteiger partial charge in [-0.05, 0) is 12.8 Å². The van der Waals surface area contributed by atoms with Crippen molar-refractivity contribution >= 4 is 11.9 Å². The van der Waals surface area contributed by atoms with E-state index in [1.54, 1.807) is 0 Å². The van der Waals surface area contributed by atoms with Crippen LogP contribution in [-0.2, 0) is 14.3 Å². The zero-order valence-electron chi connectivity index (χ0n) is 9.57. The Balaban J connectivity index is 2.40. The molecule has 16 heavy (non-hydrogen) atoms. The van der Waals surface area contributed by atoms with E-state index in [0.717, 1.165) is 25.7 Å². The first kappa shape index (κ1) is 13.0. The number of aliphatic carboxylic acids is 1. The number of rotatable bonds is 6. The number of methoxy groups -OCH3 is 1. The second-order valence-electron chi connectivity index (χ2n) is 4.16. The number of hydrogen-bond donors (Lipinski definition) is 2.